The Morgan fingerprint density at radius 3 is 2.04 bits per heavy atom. The molecular formula is C21H28O5. The van der Waals surface area contributed by atoms with E-state index >= 15 is 0 Å². The van der Waals surface area contributed by atoms with Crippen molar-refractivity contribution < 1.29 is 23.8 Å². The lowest BCUT2D eigenvalue weighted by Gasteiger charge is -2.32. The SMILES string of the molecule is COC(=O)C1=Cc2cc(C(C)(C)C)cc(C(C)(C)C)c2OC1C(=O)OC. The molecule has 5 heteroatoms. The van der Waals surface area contributed by atoms with E-state index in [0.717, 1.165) is 16.7 Å². The second-order valence-electron chi connectivity index (χ2n) is 8.55. The number of rotatable bonds is 2. The molecule has 0 amide bonds. The highest BCUT2D eigenvalue weighted by Crippen LogP contribution is 2.42. The van der Waals surface area contributed by atoms with Crippen LogP contribution >= 0.6 is 0 Å². The van der Waals surface area contributed by atoms with Gasteiger partial charge in [0, 0.05) is 11.1 Å². The molecule has 142 valence electrons. The molecule has 1 aliphatic rings. The highest BCUT2D eigenvalue weighted by molar-refractivity contribution is 6.02. The lowest BCUT2D eigenvalue weighted by Crippen LogP contribution is -2.37. The van der Waals surface area contributed by atoms with Gasteiger partial charge in [-0.05, 0) is 28.5 Å². The molecule has 0 saturated carbocycles. The first-order chi connectivity index (χ1) is 11.9. The molecule has 0 radical (unpaired) electrons. The van der Waals surface area contributed by atoms with E-state index in [1.165, 1.54) is 14.2 Å². The van der Waals surface area contributed by atoms with Crippen LogP contribution in [-0.4, -0.2) is 32.3 Å². The van der Waals surface area contributed by atoms with Gasteiger partial charge in [-0.1, -0.05) is 47.6 Å². The maximum absolute atomic E-state index is 12.2. The van der Waals surface area contributed by atoms with Gasteiger partial charge in [0.1, 0.15) is 5.75 Å². The molecule has 1 heterocycles. The van der Waals surface area contributed by atoms with Crippen molar-refractivity contribution in [2.75, 3.05) is 14.2 Å². The largest absolute Gasteiger partial charge is 0.473 e. The molecule has 0 bridgehead atoms. The highest BCUT2D eigenvalue weighted by atomic mass is 16.6. The van der Waals surface area contributed by atoms with Gasteiger partial charge < -0.3 is 14.2 Å². The minimum Gasteiger partial charge on any atom is -0.473 e. The van der Waals surface area contributed by atoms with Crippen LogP contribution in [0.4, 0.5) is 0 Å². The summed E-state index contributed by atoms with van der Waals surface area (Å²) in [5.74, 6) is -0.634. The van der Waals surface area contributed by atoms with Crippen LogP contribution in [0.3, 0.4) is 0 Å². The van der Waals surface area contributed by atoms with Gasteiger partial charge in [0.05, 0.1) is 19.8 Å². The number of ether oxygens (including phenoxy) is 3. The molecule has 0 spiro atoms. The molecule has 0 fully saturated rings. The average Bonchev–Trinajstić information content (AvgIpc) is 2.56. The van der Waals surface area contributed by atoms with Crippen molar-refractivity contribution >= 4 is 18.0 Å². The molecule has 0 aliphatic carbocycles. The van der Waals surface area contributed by atoms with E-state index in [-0.39, 0.29) is 16.4 Å². The molecule has 0 saturated heterocycles. The summed E-state index contributed by atoms with van der Waals surface area (Å²) in [6.07, 6.45) is 0.540. The van der Waals surface area contributed by atoms with Gasteiger partial charge >= 0.3 is 11.9 Å². The Hall–Kier alpha value is -2.30. The lowest BCUT2D eigenvalue weighted by molar-refractivity contribution is -0.150. The van der Waals surface area contributed by atoms with E-state index in [2.05, 4.69) is 47.6 Å². The molecule has 1 aliphatic heterocycles. The Morgan fingerprint density at radius 1 is 0.962 bits per heavy atom. The first kappa shape index (κ1) is 20.0. The van der Waals surface area contributed by atoms with E-state index in [0.29, 0.717) is 5.75 Å². The quantitative estimate of drug-likeness (QED) is 0.751. The third-order valence-electron chi connectivity index (χ3n) is 4.46. The Bertz CT molecular complexity index is 760. The number of carbonyl (C=O) groups is 2. The standard InChI is InChI=1S/C21H28O5/c1-20(2,3)13-9-12-10-14(18(22)24-7)17(19(23)25-8)26-16(12)15(11-13)21(4,5)6/h9-11,17H,1-8H3. The Kier molecular flexibility index (Phi) is 5.22. The second kappa shape index (κ2) is 6.78. The van der Waals surface area contributed by atoms with Crippen molar-refractivity contribution in [3.8, 4) is 5.75 Å². The van der Waals surface area contributed by atoms with Gasteiger partial charge in [-0.3, -0.25) is 0 Å². The zero-order valence-electron chi connectivity index (χ0n) is 16.9. The highest BCUT2D eigenvalue weighted by Gasteiger charge is 2.38. The molecule has 26 heavy (non-hydrogen) atoms. The van der Waals surface area contributed by atoms with Crippen molar-refractivity contribution in [3.05, 3.63) is 34.4 Å². The van der Waals surface area contributed by atoms with Gasteiger partial charge in [0.15, 0.2) is 0 Å². The topological polar surface area (TPSA) is 61.8 Å². The molecule has 1 aromatic carbocycles. The van der Waals surface area contributed by atoms with Gasteiger partial charge in [0.2, 0.25) is 6.10 Å². The predicted molar refractivity (Wildman–Crippen MR) is 100 cm³/mol. The van der Waals surface area contributed by atoms with Gasteiger partial charge in [0.25, 0.3) is 0 Å². The summed E-state index contributed by atoms with van der Waals surface area (Å²) in [6, 6.07) is 4.12. The molecular weight excluding hydrogens is 332 g/mol. The van der Waals surface area contributed by atoms with Crippen molar-refractivity contribution in [3.63, 3.8) is 0 Å². The number of hydrogen-bond donors (Lipinski definition) is 0. The van der Waals surface area contributed by atoms with Crippen LogP contribution in [0.1, 0.15) is 58.2 Å². The zero-order valence-corrected chi connectivity index (χ0v) is 16.9. The number of carbonyl (C=O) groups excluding carboxylic acids is 2. The molecule has 1 unspecified atom stereocenters. The normalized spacial score (nSPS) is 16.9. The minimum absolute atomic E-state index is 0.0759. The van der Waals surface area contributed by atoms with Crippen molar-refractivity contribution in [1.82, 2.24) is 0 Å². The van der Waals surface area contributed by atoms with Crippen LogP contribution in [-0.2, 0) is 29.9 Å². The first-order valence-corrected chi connectivity index (χ1v) is 8.63. The van der Waals surface area contributed by atoms with Crippen LogP contribution in [0.5, 0.6) is 5.75 Å². The fourth-order valence-electron chi connectivity index (χ4n) is 2.87. The minimum atomic E-state index is -1.14. The number of hydrogen-bond acceptors (Lipinski definition) is 5. The van der Waals surface area contributed by atoms with E-state index in [9.17, 15) is 9.59 Å². The maximum atomic E-state index is 12.2. The Morgan fingerprint density at radius 2 is 1.58 bits per heavy atom. The smallest absolute Gasteiger partial charge is 0.352 e. The first-order valence-electron chi connectivity index (χ1n) is 8.63. The van der Waals surface area contributed by atoms with Crippen LogP contribution < -0.4 is 4.74 Å². The number of esters is 2. The van der Waals surface area contributed by atoms with Crippen molar-refractivity contribution in [1.29, 1.82) is 0 Å². The van der Waals surface area contributed by atoms with E-state index < -0.39 is 18.0 Å². The number of fused-ring (bicyclic) bond motifs is 1. The van der Waals surface area contributed by atoms with Gasteiger partial charge in [-0.2, -0.15) is 0 Å². The Balaban J connectivity index is 2.77. The lowest BCUT2D eigenvalue weighted by atomic mass is 9.78. The Labute approximate surface area is 155 Å². The van der Waals surface area contributed by atoms with Crippen LogP contribution in [0.25, 0.3) is 6.08 Å². The van der Waals surface area contributed by atoms with Crippen molar-refractivity contribution in [2.24, 2.45) is 0 Å². The number of methoxy groups -OCH3 is 2. The fourth-order valence-corrected chi connectivity index (χ4v) is 2.87. The van der Waals surface area contributed by atoms with E-state index in [1.54, 1.807) is 6.08 Å². The summed E-state index contributed by atoms with van der Waals surface area (Å²) in [5, 5.41) is 0. The summed E-state index contributed by atoms with van der Waals surface area (Å²) >= 11 is 0. The molecule has 2 rings (SSSR count). The number of benzene rings is 1. The summed E-state index contributed by atoms with van der Waals surface area (Å²) < 4.78 is 15.7. The van der Waals surface area contributed by atoms with Crippen LogP contribution in [0.2, 0.25) is 0 Å². The predicted octanol–water partition coefficient (Wildman–Crippen LogP) is 3.77. The molecule has 1 atom stereocenters. The molecule has 0 N–H and O–H groups in total. The third kappa shape index (κ3) is 3.76. The van der Waals surface area contributed by atoms with Gasteiger partial charge in [-0.25, -0.2) is 9.59 Å². The molecule has 1 aromatic rings. The molecule has 0 aromatic heterocycles. The third-order valence-corrected chi connectivity index (χ3v) is 4.46. The van der Waals surface area contributed by atoms with E-state index in [4.69, 9.17) is 14.2 Å². The maximum Gasteiger partial charge on any atom is 0.352 e. The molecule has 5 nitrogen and oxygen atoms in total. The monoisotopic (exact) mass is 360 g/mol. The average molecular weight is 360 g/mol. The zero-order chi connectivity index (χ0) is 19.9. The summed E-state index contributed by atoms with van der Waals surface area (Å²) in [7, 11) is 2.54. The summed E-state index contributed by atoms with van der Waals surface area (Å²) in [4.78, 5) is 24.4. The van der Waals surface area contributed by atoms with Crippen molar-refractivity contribution in [2.45, 2.75) is 58.5 Å². The second-order valence-corrected chi connectivity index (χ2v) is 8.55. The summed E-state index contributed by atoms with van der Waals surface area (Å²) in [5.41, 5.74) is 2.73. The van der Waals surface area contributed by atoms with Gasteiger partial charge in [-0.15, -0.1) is 0 Å². The van der Waals surface area contributed by atoms with Crippen LogP contribution in [0.15, 0.2) is 17.7 Å². The van der Waals surface area contributed by atoms with Crippen LogP contribution in [0, 0.1) is 0 Å². The fraction of sp³-hybridized carbons (Fsp3) is 0.524. The summed E-state index contributed by atoms with van der Waals surface area (Å²) in [6.45, 7) is 12.7. The van der Waals surface area contributed by atoms with E-state index in [1.807, 2.05) is 6.07 Å².